The molecule has 0 saturated heterocycles. The van der Waals surface area contributed by atoms with Crippen LogP contribution in [0.5, 0.6) is 0 Å². The number of hydrogen-bond donors (Lipinski definition) is 1. The van der Waals surface area contributed by atoms with Crippen molar-refractivity contribution < 1.29 is 0 Å². The zero-order chi connectivity index (χ0) is 10.9. The number of rotatable bonds is 4. The van der Waals surface area contributed by atoms with Gasteiger partial charge < -0.3 is 5.32 Å². The summed E-state index contributed by atoms with van der Waals surface area (Å²) in [5.41, 5.74) is 0.562. The molecule has 0 aromatic carbocycles. The lowest BCUT2D eigenvalue weighted by Crippen LogP contribution is -2.47. The molecule has 1 aliphatic carbocycles. The summed E-state index contributed by atoms with van der Waals surface area (Å²) in [5.74, 6) is 0.483. The Hall–Kier alpha value is -1.34. The molecule has 0 spiro atoms. The Kier molecular flexibility index (Phi) is 2.49. The first-order valence-electron chi connectivity index (χ1n) is 5.30. The molecule has 1 aromatic rings. The van der Waals surface area contributed by atoms with E-state index in [0.717, 1.165) is 18.5 Å². The highest BCUT2D eigenvalue weighted by molar-refractivity contribution is 5.14. The van der Waals surface area contributed by atoms with Gasteiger partial charge in [0.25, 0.3) is 0 Å². The maximum atomic E-state index is 9.30. The van der Waals surface area contributed by atoms with Crippen molar-refractivity contribution in [1.82, 2.24) is 15.1 Å². The summed E-state index contributed by atoms with van der Waals surface area (Å²) in [4.78, 5) is 0. The van der Waals surface area contributed by atoms with E-state index in [1.807, 2.05) is 30.9 Å². The maximum absolute atomic E-state index is 9.30. The van der Waals surface area contributed by atoms with Crippen LogP contribution in [0.2, 0.25) is 0 Å². The van der Waals surface area contributed by atoms with Gasteiger partial charge in [0.05, 0.1) is 18.3 Å². The largest absolute Gasteiger partial charge is 0.301 e. The summed E-state index contributed by atoms with van der Waals surface area (Å²) in [5, 5.41) is 16.8. The van der Waals surface area contributed by atoms with Gasteiger partial charge in [-0.25, -0.2) is 0 Å². The van der Waals surface area contributed by atoms with Crippen LogP contribution in [0, 0.1) is 24.2 Å². The molecule has 0 amide bonds. The van der Waals surface area contributed by atoms with Gasteiger partial charge in [-0.1, -0.05) is 0 Å². The molecule has 1 unspecified atom stereocenters. The van der Waals surface area contributed by atoms with Gasteiger partial charge in [0.2, 0.25) is 0 Å². The van der Waals surface area contributed by atoms with Crippen molar-refractivity contribution in [3.05, 3.63) is 18.0 Å². The highest BCUT2D eigenvalue weighted by Crippen LogP contribution is 2.40. The number of hydrogen-bond acceptors (Lipinski definition) is 3. The summed E-state index contributed by atoms with van der Waals surface area (Å²) in [6.45, 7) is 2.60. The summed E-state index contributed by atoms with van der Waals surface area (Å²) in [6, 6.07) is 4.38. The van der Waals surface area contributed by atoms with Gasteiger partial charge in [-0.3, -0.25) is 4.68 Å². The van der Waals surface area contributed by atoms with Gasteiger partial charge in [-0.2, -0.15) is 10.4 Å². The molecular weight excluding hydrogens is 188 g/mol. The quantitative estimate of drug-likeness (QED) is 0.798. The average Bonchev–Trinajstić information content (AvgIpc) is 3.01. The van der Waals surface area contributed by atoms with Crippen molar-refractivity contribution in [2.45, 2.75) is 31.8 Å². The van der Waals surface area contributed by atoms with Crippen LogP contribution >= 0.6 is 0 Å². The van der Waals surface area contributed by atoms with E-state index in [0.29, 0.717) is 12.5 Å². The highest BCUT2D eigenvalue weighted by Gasteiger charge is 2.45. The number of nitrogens with one attached hydrogen (secondary N) is 1. The lowest BCUT2D eigenvalue weighted by atomic mass is 9.95. The van der Waals surface area contributed by atoms with E-state index in [2.05, 4.69) is 16.5 Å². The summed E-state index contributed by atoms with van der Waals surface area (Å²) >= 11 is 0. The minimum absolute atomic E-state index is 0.432. The van der Waals surface area contributed by atoms with E-state index in [1.165, 1.54) is 0 Å². The van der Waals surface area contributed by atoms with Crippen molar-refractivity contribution in [3.8, 4) is 6.07 Å². The monoisotopic (exact) mass is 204 g/mol. The molecule has 2 rings (SSSR count). The van der Waals surface area contributed by atoms with Crippen molar-refractivity contribution in [2.75, 3.05) is 7.05 Å². The van der Waals surface area contributed by atoms with Crippen LogP contribution in [0.25, 0.3) is 0 Å². The first kappa shape index (κ1) is 10.2. The molecule has 1 saturated carbocycles. The molecule has 1 N–H and O–H groups in total. The first-order chi connectivity index (χ1) is 7.20. The predicted octanol–water partition coefficient (Wildman–Crippen LogP) is 1.08. The Bertz CT molecular complexity index is 386. The minimum atomic E-state index is -0.432. The van der Waals surface area contributed by atoms with E-state index in [9.17, 15) is 5.26 Å². The second-order valence-corrected chi connectivity index (χ2v) is 4.26. The van der Waals surface area contributed by atoms with Gasteiger partial charge in [0, 0.05) is 6.20 Å². The molecule has 0 bridgehead atoms. The van der Waals surface area contributed by atoms with Crippen molar-refractivity contribution in [3.63, 3.8) is 0 Å². The third-order valence-corrected chi connectivity index (χ3v) is 3.11. The standard InChI is InChI=1S/C11H16N4/c1-9-5-6-15(14-9)8-11(7-12,13-2)10-3-4-10/h5-6,10,13H,3-4,8H2,1-2H3. The molecule has 1 aliphatic rings. The molecule has 0 aliphatic heterocycles. The number of nitriles is 1. The molecule has 1 aromatic heterocycles. The molecule has 4 nitrogen and oxygen atoms in total. The number of aromatic nitrogens is 2. The zero-order valence-corrected chi connectivity index (χ0v) is 9.20. The fourth-order valence-corrected chi connectivity index (χ4v) is 1.98. The highest BCUT2D eigenvalue weighted by atomic mass is 15.3. The molecule has 0 radical (unpaired) electrons. The van der Waals surface area contributed by atoms with Crippen LogP contribution in [0.4, 0.5) is 0 Å². The van der Waals surface area contributed by atoms with Crippen LogP contribution in [0.1, 0.15) is 18.5 Å². The second kappa shape index (κ2) is 3.67. The average molecular weight is 204 g/mol. The third kappa shape index (κ3) is 1.88. The molecule has 1 fully saturated rings. The SMILES string of the molecule is CNC(C#N)(Cn1ccc(C)n1)C1CC1. The normalized spacial score (nSPS) is 19.5. The second-order valence-electron chi connectivity index (χ2n) is 4.26. The lowest BCUT2D eigenvalue weighted by molar-refractivity contribution is 0.325. The molecule has 4 heteroatoms. The van der Waals surface area contributed by atoms with E-state index in [1.54, 1.807) is 0 Å². The lowest BCUT2D eigenvalue weighted by Gasteiger charge is -2.25. The Labute approximate surface area is 89.9 Å². The molecule has 80 valence electrons. The van der Waals surface area contributed by atoms with Crippen molar-refractivity contribution in [2.24, 2.45) is 5.92 Å². The van der Waals surface area contributed by atoms with Crippen LogP contribution in [0.3, 0.4) is 0 Å². The van der Waals surface area contributed by atoms with Gasteiger partial charge in [-0.05, 0) is 38.8 Å². The van der Waals surface area contributed by atoms with E-state index in [-0.39, 0.29) is 0 Å². The van der Waals surface area contributed by atoms with E-state index >= 15 is 0 Å². The van der Waals surface area contributed by atoms with Crippen LogP contribution in [0.15, 0.2) is 12.3 Å². The first-order valence-corrected chi connectivity index (χ1v) is 5.30. The van der Waals surface area contributed by atoms with E-state index < -0.39 is 5.54 Å². The van der Waals surface area contributed by atoms with Crippen LogP contribution < -0.4 is 5.32 Å². The van der Waals surface area contributed by atoms with Gasteiger partial charge >= 0.3 is 0 Å². The zero-order valence-electron chi connectivity index (χ0n) is 9.20. The molecular formula is C11H16N4. The number of likely N-dealkylation sites (N-methyl/N-ethyl adjacent to an activating group) is 1. The van der Waals surface area contributed by atoms with Crippen LogP contribution in [-0.4, -0.2) is 22.4 Å². The topological polar surface area (TPSA) is 53.6 Å². The van der Waals surface area contributed by atoms with Crippen LogP contribution in [-0.2, 0) is 6.54 Å². The summed E-state index contributed by atoms with van der Waals surface area (Å²) in [7, 11) is 1.86. The smallest absolute Gasteiger partial charge is 0.129 e. The van der Waals surface area contributed by atoms with E-state index in [4.69, 9.17) is 0 Å². The number of nitrogens with zero attached hydrogens (tertiary/aromatic N) is 3. The van der Waals surface area contributed by atoms with Gasteiger partial charge in [0.15, 0.2) is 0 Å². The Morgan fingerprint density at radius 3 is 2.87 bits per heavy atom. The Morgan fingerprint density at radius 1 is 1.73 bits per heavy atom. The Morgan fingerprint density at radius 2 is 2.47 bits per heavy atom. The summed E-state index contributed by atoms with van der Waals surface area (Å²) in [6.07, 6.45) is 4.23. The molecule has 15 heavy (non-hydrogen) atoms. The predicted molar refractivity (Wildman–Crippen MR) is 57.1 cm³/mol. The van der Waals surface area contributed by atoms with Gasteiger partial charge in [0.1, 0.15) is 5.54 Å². The number of aryl methyl sites for hydroxylation is 1. The van der Waals surface area contributed by atoms with Crippen molar-refractivity contribution in [1.29, 1.82) is 5.26 Å². The fraction of sp³-hybridized carbons (Fsp3) is 0.636. The van der Waals surface area contributed by atoms with Gasteiger partial charge in [-0.15, -0.1) is 0 Å². The Balaban J connectivity index is 2.17. The van der Waals surface area contributed by atoms with Crippen molar-refractivity contribution >= 4 is 0 Å². The maximum Gasteiger partial charge on any atom is 0.129 e. The minimum Gasteiger partial charge on any atom is -0.301 e. The summed E-state index contributed by atoms with van der Waals surface area (Å²) < 4.78 is 1.85. The third-order valence-electron chi connectivity index (χ3n) is 3.11. The molecule has 1 atom stereocenters. The molecule has 1 heterocycles. The fourth-order valence-electron chi connectivity index (χ4n) is 1.98.